The number of rotatable bonds is 4. The molecule has 0 aliphatic carbocycles. The fourth-order valence-corrected chi connectivity index (χ4v) is 1.17. The summed E-state index contributed by atoms with van der Waals surface area (Å²) in [5.74, 6) is 0.525. The summed E-state index contributed by atoms with van der Waals surface area (Å²) in [6.45, 7) is 0.225. The van der Waals surface area contributed by atoms with Crippen LogP contribution in [0, 0.1) is 0 Å². The van der Waals surface area contributed by atoms with Crippen LogP contribution in [0.2, 0.25) is 10.0 Å². The average Bonchev–Trinajstić information content (AvgIpc) is 2.24. The molecule has 0 fully saturated rings. The van der Waals surface area contributed by atoms with E-state index < -0.39 is 0 Å². The molecule has 0 aliphatic rings. The van der Waals surface area contributed by atoms with Gasteiger partial charge in [-0.1, -0.05) is 23.2 Å². The Morgan fingerprint density at radius 1 is 1.40 bits per heavy atom. The van der Waals surface area contributed by atoms with Crippen LogP contribution in [0.5, 0.6) is 5.75 Å². The number of halogens is 3. The highest BCUT2D eigenvalue weighted by Crippen LogP contribution is 2.26. The second kappa shape index (κ2) is 5.95. The average molecular weight is 250 g/mol. The first-order valence-corrected chi connectivity index (χ1v) is 4.99. The zero-order valence-corrected chi connectivity index (χ0v) is 9.35. The van der Waals surface area contributed by atoms with Crippen LogP contribution in [-0.2, 0) is 0 Å². The molecule has 2 N–H and O–H groups in total. The lowest BCUT2D eigenvalue weighted by molar-refractivity contribution is 0.347. The molecule has 15 heavy (non-hydrogen) atoms. The first-order chi connectivity index (χ1) is 7.17. The number of nitrogens with two attached hydrogens (primary N) is 1. The van der Waals surface area contributed by atoms with Crippen molar-refractivity contribution < 1.29 is 9.13 Å². The van der Waals surface area contributed by atoms with Gasteiger partial charge in [-0.05, 0) is 12.1 Å². The van der Waals surface area contributed by atoms with Crippen molar-refractivity contribution in [1.29, 1.82) is 0 Å². The molecule has 0 amide bonds. The summed E-state index contributed by atoms with van der Waals surface area (Å²) < 4.78 is 17.4. The fourth-order valence-electron chi connectivity index (χ4n) is 0.878. The van der Waals surface area contributed by atoms with Gasteiger partial charge in [0.25, 0.3) is 0 Å². The maximum absolute atomic E-state index is 12.1. The molecule has 0 saturated carbocycles. The van der Waals surface area contributed by atoms with Crippen molar-refractivity contribution in [3.63, 3.8) is 0 Å². The topological polar surface area (TPSA) is 35.2 Å². The number of ether oxygens (including phenoxy) is 1. The molecule has 1 aromatic carbocycles. The molecule has 0 heterocycles. The molecular weight excluding hydrogens is 240 g/mol. The largest absolute Gasteiger partial charge is 0.489 e. The monoisotopic (exact) mass is 249 g/mol. The van der Waals surface area contributed by atoms with Crippen molar-refractivity contribution >= 4 is 23.2 Å². The van der Waals surface area contributed by atoms with Crippen LogP contribution in [0.15, 0.2) is 30.1 Å². The standard InChI is InChI=1S/C10H10Cl2FNO/c11-9-2-1-8(3-10(9)12)15-6-7(4-13)5-14/h1-4H,5-6,14H2. The Morgan fingerprint density at radius 3 is 2.67 bits per heavy atom. The van der Waals surface area contributed by atoms with E-state index in [1.165, 1.54) is 0 Å². The van der Waals surface area contributed by atoms with Crippen molar-refractivity contribution in [2.24, 2.45) is 5.73 Å². The summed E-state index contributed by atoms with van der Waals surface area (Å²) in [6.07, 6.45) is 0.442. The normalized spacial score (nSPS) is 11.6. The molecule has 5 heteroatoms. The van der Waals surface area contributed by atoms with E-state index in [-0.39, 0.29) is 13.2 Å². The lowest BCUT2D eigenvalue weighted by Gasteiger charge is -2.07. The van der Waals surface area contributed by atoms with Crippen LogP contribution in [0.3, 0.4) is 0 Å². The van der Waals surface area contributed by atoms with Gasteiger partial charge in [0.1, 0.15) is 12.4 Å². The first-order valence-electron chi connectivity index (χ1n) is 4.23. The van der Waals surface area contributed by atoms with Crippen molar-refractivity contribution in [2.75, 3.05) is 13.2 Å². The van der Waals surface area contributed by atoms with Gasteiger partial charge in [0.15, 0.2) is 0 Å². The summed E-state index contributed by atoms with van der Waals surface area (Å²) in [5.41, 5.74) is 5.64. The molecule has 0 saturated heterocycles. The van der Waals surface area contributed by atoms with Crippen molar-refractivity contribution in [3.8, 4) is 5.75 Å². The van der Waals surface area contributed by atoms with Gasteiger partial charge >= 0.3 is 0 Å². The van der Waals surface area contributed by atoms with Crippen LogP contribution in [0.25, 0.3) is 0 Å². The third-order valence-corrected chi connectivity index (χ3v) is 2.47. The van der Waals surface area contributed by atoms with Crippen LogP contribution in [0.4, 0.5) is 4.39 Å². The SMILES string of the molecule is NCC(=CF)COc1ccc(Cl)c(Cl)c1. The minimum Gasteiger partial charge on any atom is -0.489 e. The van der Waals surface area contributed by atoms with Crippen LogP contribution in [0.1, 0.15) is 0 Å². The molecule has 1 rings (SSSR count). The van der Waals surface area contributed by atoms with Gasteiger partial charge in [-0.3, -0.25) is 0 Å². The Morgan fingerprint density at radius 2 is 2.13 bits per heavy atom. The highest BCUT2D eigenvalue weighted by molar-refractivity contribution is 6.42. The van der Waals surface area contributed by atoms with E-state index in [1.807, 2.05) is 0 Å². The quantitative estimate of drug-likeness (QED) is 0.890. The van der Waals surface area contributed by atoms with E-state index in [0.717, 1.165) is 0 Å². The molecule has 0 atom stereocenters. The van der Waals surface area contributed by atoms with E-state index in [4.69, 9.17) is 33.7 Å². The van der Waals surface area contributed by atoms with Gasteiger partial charge in [-0.2, -0.15) is 0 Å². The maximum atomic E-state index is 12.1. The van der Waals surface area contributed by atoms with Crippen LogP contribution >= 0.6 is 23.2 Å². The van der Waals surface area contributed by atoms with Gasteiger partial charge in [0.05, 0.1) is 16.4 Å². The highest BCUT2D eigenvalue weighted by atomic mass is 35.5. The van der Waals surface area contributed by atoms with Gasteiger partial charge in [0, 0.05) is 18.2 Å². The Labute approximate surface area is 97.4 Å². The minimum absolute atomic E-state index is 0.102. The third-order valence-electron chi connectivity index (χ3n) is 1.73. The summed E-state index contributed by atoms with van der Waals surface area (Å²) in [7, 11) is 0. The zero-order chi connectivity index (χ0) is 11.3. The first kappa shape index (κ1) is 12.3. The number of hydrogen-bond donors (Lipinski definition) is 1. The Kier molecular flexibility index (Phi) is 4.88. The van der Waals surface area contributed by atoms with Crippen molar-refractivity contribution in [2.45, 2.75) is 0 Å². The van der Waals surface area contributed by atoms with Gasteiger partial charge < -0.3 is 10.5 Å². The maximum Gasteiger partial charge on any atom is 0.121 e. The molecule has 0 aromatic heterocycles. The minimum atomic E-state index is 0.102. The molecule has 0 aliphatic heterocycles. The fraction of sp³-hybridized carbons (Fsp3) is 0.200. The Balaban J connectivity index is 2.62. The van der Waals surface area contributed by atoms with Crippen molar-refractivity contribution in [3.05, 3.63) is 40.1 Å². The molecule has 0 unspecified atom stereocenters. The van der Waals surface area contributed by atoms with Crippen LogP contribution in [-0.4, -0.2) is 13.2 Å². The number of hydrogen-bond acceptors (Lipinski definition) is 2. The Bertz CT molecular complexity index is 368. The third kappa shape index (κ3) is 3.70. The van der Waals surface area contributed by atoms with E-state index in [1.54, 1.807) is 18.2 Å². The molecule has 0 radical (unpaired) electrons. The van der Waals surface area contributed by atoms with Crippen molar-refractivity contribution in [1.82, 2.24) is 0 Å². The highest BCUT2D eigenvalue weighted by Gasteiger charge is 2.01. The lowest BCUT2D eigenvalue weighted by atomic mass is 10.3. The van der Waals surface area contributed by atoms with E-state index >= 15 is 0 Å². The molecule has 2 nitrogen and oxygen atoms in total. The molecule has 82 valence electrons. The zero-order valence-electron chi connectivity index (χ0n) is 7.84. The van der Waals surface area contributed by atoms with Gasteiger partial charge in [-0.25, -0.2) is 4.39 Å². The molecular formula is C10H10Cl2FNO. The summed E-state index contributed by atoms with van der Waals surface area (Å²) in [5, 5.41) is 0.844. The predicted octanol–water partition coefficient (Wildman–Crippen LogP) is 3.18. The molecule has 1 aromatic rings. The lowest BCUT2D eigenvalue weighted by Crippen LogP contribution is -2.10. The van der Waals surface area contributed by atoms with Gasteiger partial charge in [-0.15, -0.1) is 0 Å². The molecule has 0 spiro atoms. The Hall–Kier alpha value is -0.770. The van der Waals surface area contributed by atoms with Crippen LogP contribution < -0.4 is 10.5 Å². The molecule has 0 bridgehead atoms. The predicted molar refractivity (Wildman–Crippen MR) is 60.2 cm³/mol. The number of benzene rings is 1. The smallest absolute Gasteiger partial charge is 0.121 e. The van der Waals surface area contributed by atoms with E-state index in [2.05, 4.69) is 0 Å². The van der Waals surface area contributed by atoms with E-state index in [9.17, 15) is 4.39 Å². The summed E-state index contributed by atoms with van der Waals surface area (Å²) in [6, 6.07) is 4.83. The second-order valence-electron chi connectivity index (χ2n) is 2.84. The second-order valence-corrected chi connectivity index (χ2v) is 3.65. The summed E-state index contributed by atoms with van der Waals surface area (Å²) >= 11 is 11.5. The summed E-state index contributed by atoms with van der Waals surface area (Å²) in [4.78, 5) is 0. The van der Waals surface area contributed by atoms with Gasteiger partial charge in [0.2, 0.25) is 0 Å². The van der Waals surface area contributed by atoms with E-state index in [0.29, 0.717) is 27.7 Å².